The maximum absolute atomic E-state index is 12.9. The van der Waals surface area contributed by atoms with Crippen LogP contribution in [0.5, 0.6) is 0 Å². The highest BCUT2D eigenvalue weighted by atomic mass is 19.4. The van der Waals surface area contributed by atoms with E-state index in [1.807, 2.05) is 0 Å². The number of para-hydroxylation sites is 1. The Morgan fingerprint density at radius 1 is 1.03 bits per heavy atom. The van der Waals surface area contributed by atoms with Crippen LogP contribution in [-0.4, -0.2) is 21.8 Å². The van der Waals surface area contributed by atoms with Crippen molar-refractivity contribution in [1.82, 2.24) is 9.97 Å². The summed E-state index contributed by atoms with van der Waals surface area (Å²) in [5, 5.41) is 7.68. The molecule has 0 bridgehead atoms. The SMILES string of the molecule is O=C1C[C@H](C(=O)Nc2ccccc2)c2c(nc(Nc3cccc(C(F)(F)F)c3)[nH]c2=O)N1. The zero-order chi connectivity index (χ0) is 22.9. The Morgan fingerprint density at radius 2 is 1.75 bits per heavy atom. The van der Waals surface area contributed by atoms with Crippen molar-refractivity contribution in [3.8, 4) is 0 Å². The maximum Gasteiger partial charge on any atom is 0.416 e. The van der Waals surface area contributed by atoms with Crippen LogP contribution in [0, 0.1) is 0 Å². The van der Waals surface area contributed by atoms with E-state index in [1.54, 1.807) is 30.3 Å². The lowest BCUT2D eigenvalue weighted by molar-refractivity contribution is -0.137. The Balaban J connectivity index is 1.63. The standard InChI is InChI=1S/C21H16F3N5O3/c22-21(23,24)11-5-4-8-13(9-11)26-20-28-17-16(19(32)29-20)14(10-15(30)27-17)18(31)25-12-6-2-1-3-7-12/h1-9,14H,10H2,(H,25,31)(H3,26,27,28,29,30,32)/t14-/m0/s1. The number of rotatable bonds is 4. The number of alkyl halides is 3. The first-order valence-corrected chi connectivity index (χ1v) is 9.45. The summed E-state index contributed by atoms with van der Waals surface area (Å²) in [6, 6.07) is 12.9. The van der Waals surface area contributed by atoms with Crippen LogP contribution in [-0.2, 0) is 15.8 Å². The molecule has 0 radical (unpaired) electrons. The highest BCUT2D eigenvalue weighted by Crippen LogP contribution is 2.32. The fourth-order valence-electron chi connectivity index (χ4n) is 3.32. The van der Waals surface area contributed by atoms with Gasteiger partial charge in [-0.05, 0) is 30.3 Å². The third kappa shape index (κ3) is 4.46. The van der Waals surface area contributed by atoms with Gasteiger partial charge in [-0.25, -0.2) is 0 Å². The molecule has 2 aromatic carbocycles. The highest BCUT2D eigenvalue weighted by Gasteiger charge is 2.35. The molecule has 4 N–H and O–H groups in total. The lowest BCUT2D eigenvalue weighted by atomic mass is 9.92. The molecule has 11 heteroatoms. The molecule has 32 heavy (non-hydrogen) atoms. The van der Waals surface area contributed by atoms with E-state index in [4.69, 9.17) is 0 Å². The van der Waals surface area contributed by atoms with Crippen molar-refractivity contribution in [2.24, 2.45) is 0 Å². The van der Waals surface area contributed by atoms with E-state index < -0.39 is 35.0 Å². The lowest BCUT2D eigenvalue weighted by Gasteiger charge is -2.23. The Hall–Kier alpha value is -4.15. The number of anilines is 4. The molecule has 3 aromatic rings. The van der Waals surface area contributed by atoms with Gasteiger partial charge >= 0.3 is 6.18 Å². The van der Waals surface area contributed by atoms with Crippen molar-refractivity contribution in [1.29, 1.82) is 0 Å². The topological polar surface area (TPSA) is 116 Å². The minimum Gasteiger partial charge on any atom is -0.326 e. The molecule has 1 atom stereocenters. The quantitative estimate of drug-likeness (QED) is 0.492. The fraction of sp³-hybridized carbons (Fsp3) is 0.143. The average Bonchev–Trinajstić information content (AvgIpc) is 2.73. The summed E-state index contributed by atoms with van der Waals surface area (Å²) in [4.78, 5) is 44.1. The molecule has 1 aromatic heterocycles. The van der Waals surface area contributed by atoms with Crippen LogP contribution in [0.25, 0.3) is 0 Å². The number of carbonyl (C=O) groups excluding carboxylic acids is 2. The van der Waals surface area contributed by atoms with Crippen molar-refractivity contribution in [2.75, 3.05) is 16.0 Å². The van der Waals surface area contributed by atoms with Crippen LogP contribution in [0.4, 0.5) is 36.3 Å². The van der Waals surface area contributed by atoms with E-state index >= 15 is 0 Å². The number of H-pyrrole nitrogens is 1. The summed E-state index contributed by atoms with van der Waals surface area (Å²) in [6.45, 7) is 0. The van der Waals surface area contributed by atoms with E-state index in [0.717, 1.165) is 12.1 Å². The van der Waals surface area contributed by atoms with Gasteiger partial charge in [-0.2, -0.15) is 18.2 Å². The number of aromatic nitrogens is 2. The molecule has 4 rings (SSSR count). The summed E-state index contributed by atoms with van der Waals surface area (Å²) in [6.07, 6.45) is -4.79. The second-order valence-electron chi connectivity index (χ2n) is 7.04. The summed E-state index contributed by atoms with van der Waals surface area (Å²) in [5.41, 5.74) is -1.08. The summed E-state index contributed by atoms with van der Waals surface area (Å²) in [5.74, 6) is -2.48. The minimum atomic E-state index is -4.54. The fourth-order valence-corrected chi connectivity index (χ4v) is 3.32. The number of hydrogen-bond acceptors (Lipinski definition) is 5. The van der Waals surface area contributed by atoms with E-state index in [0.29, 0.717) is 5.69 Å². The molecule has 2 amide bonds. The summed E-state index contributed by atoms with van der Waals surface area (Å²) < 4.78 is 38.8. The predicted octanol–water partition coefficient (Wildman–Crippen LogP) is 3.60. The van der Waals surface area contributed by atoms with Gasteiger partial charge in [-0.3, -0.25) is 19.4 Å². The van der Waals surface area contributed by atoms with Crippen LogP contribution in [0.1, 0.15) is 23.5 Å². The zero-order valence-electron chi connectivity index (χ0n) is 16.3. The molecule has 0 fully saturated rings. The van der Waals surface area contributed by atoms with Gasteiger partial charge in [0.05, 0.1) is 17.0 Å². The normalized spacial score (nSPS) is 15.5. The summed E-state index contributed by atoms with van der Waals surface area (Å²) in [7, 11) is 0. The smallest absolute Gasteiger partial charge is 0.326 e. The Labute approximate surface area is 178 Å². The van der Waals surface area contributed by atoms with Crippen LogP contribution >= 0.6 is 0 Å². The lowest BCUT2D eigenvalue weighted by Crippen LogP contribution is -2.36. The van der Waals surface area contributed by atoms with Gasteiger partial charge in [0.15, 0.2) is 0 Å². The maximum atomic E-state index is 12.9. The molecule has 8 nitrogen and oxygen atoms in total. The van der Waals surface area contributed by atoms with Crippen LogP contribution in [0.15, 0.2) is 59.4 Å². The number of aromatic amines is 1. The van der Waals surface area contributed by atoms with E-state index in [9.17, 15) is 27.6 Å². The first-order chi connectivity index (χ1) is 15.2. The number of amides is 2. The number of hydrogen-bond donors (Lipinski definition) is 4. The molecule has 0 saturated carbocycles. The van der Waals surface area contributed by atoms with Crippen molar-refractivity contribution >= 4 is 35.0 Å². The molecular formula is C21H16F3N5O3. The van der Waals surface area contributed by atoms with E-state index in [-0.39, 0.29) is 29.4 Å². The van der Waals surface area contributed by atoms with Crippen LogP contribution < -0.4 is 21.5 Å². The van der Waals surface area contributed by atoms with E-state index in [2.05, 4.69) is 25.9 Å². The second kappa shape index (κ2) is 8.17. The third-order valence-electron chi connectivity index (χ3n) is 4.76. The van der Waals surface area contributed by atoms with Crippen LogP contribution in [0.3, 0.4) is 0 Å². The number of nitrogens with zero attached hydrogens (tertiary/aromatic N) is 1. The average molecular weight is 443 g/mol. The second-order valence-corrected chi connectivity index (χ2v) is 7.04. The van der Waals surface area contributed by atoms with Gasteiger partial charge < -0.3 is 16.0 Å². The molecule has 0 saturated heterocycles. The van der Waals surface area contributed by atoms with Crippen molar-refractivity contribution in [2.45, 2.75) is 18.5 Å². The molecule has 164 valence electrons. The largest absolute Gasteiger partial charge is 0.416 e. The van der Waals surface area contributed by atoms with Gasteiger partial charge in [-0.1, -0.05) is 24.3 Å². The molecule has 0 spiro atoms. The molecule has 0 unspecified atom stereocenters. The van der Waals surface area contributed by atoms with Gasteiger partial charge in [-0.15, -0.1) is 0 Å². The van der Waals surface area contributed by atoms with Gasteiger partial charge in [0.2, 0.25) is 17.8 Å². The zero-order valence-corrected chi connectivity index (χ0v) is 16.3. The Bertz CT molecular complexity index is 1240. The number of nitrogens with one attached hydrogen (secondary N) is 4. The first kappa shape index (κ1) is 21.1. The van der Waals surface area contributed by atoms with Crippen molar-refractivity contribution < 1.29 is 22.8 Å². The number of carbonyl (C=O) groups is 2. The Kier molecular flexibility index (Phi) is 5.39. The molecule has 1 aliphatic heterocycles. The monoisotopic (exact) mass is 443 g/mol. The number of fused-ring (bicyclic) bond motifs is 1. The summed E-state index contributed by atoms with van der Waals surface area (Å²) >= 11 is 0. The predicted molar refractivity (Wildman–Crippen MR) is 111 cm³/mol. The minimum absolute atomic E-state index is 0.0310. The van der Waals surface area contributed by atoms with Gasteiger partial charge in [0.1, 0.15) is 5.82 Å². The van der Waals surface area contributed by atoms with Crippen molar-refractivity contribution in [3.63, 3.8) is 0 Å². The Morgan fingerprint density at radius 3 is 2.47 bits per heavy atom. The number of halogens is 3. The number of benzene rings is 2. The van der Waals surface area contributed by atoms with Crippen molar-refractivity contribution in [3.05, 3.63) is 76.1 Å². The first-order valence-electron chi connectivity index (χ1n) is 9.45. The van der Waals surface area contributed by atoms with Gasteiger partial charge in [0, 0.05) is 17.8 Å². The molecule has 1 aliphatic rings. The van der Waals surface area contributed by atoms with E-state index in [1.165, 1.54) is 12.1 Å². The van der Waals surface area contributed by atoms with Gasteiger partial charge in [0.25, 0.3) is 5.56 Å². The third-order valence-corrected chi connectivity index (χ3v) is 4.76. The molecule has 2 heterocycles. The van der Waals surface area contributed by atoms with Crippen LogP contribution in [0.2, 0.25) is 0 Å². The molecule has 0 aliphatic carbocycles. The molecular weight excluding hydrogens is 427 g/mol. The highest BCUT2D eigenvalue weighted by molar-refractivity contribution is 6.04.